The third-order valence-corrected chi connectivity index (χ3v) is 8.85. The number of benzene rings is 2. The van der Waals surface area contributed by atoms with Crippen LogP contribution in [0.1, 0.15) is 47.1 Å². The molecule has 258 valence electrons. The molecule has 4 N–H and O–H groups in total. The van der Waals surface area contributed by atoms with Crippen molar-refractivity contribution < 1.29 is 35.3 Å². The van der Waals surface area contributed by atoms with Crippen molar-refractivity contribution >= 4 is 50.9 Å². The molecular weight excluding hydrogens is 698 g/mol. The van der Waals surface area contributed by atoms with Gasteiger partial charge in [0.05, 0.1) is 39.5 Å². The highest BCUT2D eigenvalue weighted by molar-refractivity contribution is 7.85. The quantitative estimate of drug-likeness (QED) is 0.149. The third-order valence-electron chi connectivity index (χ3n) is 8.05. The van der Waals surface area contributed by atoms with E-state index < -0.39 is 71.3 Å². The minimum Gasteiger partial charge on any atom is -0.397 e. The van der Waals surface area contributed by atoms with Crippen LogP contribution in [0, 0.1) is 11.6 Å². The summed E-state index contributed by atoms with van der Waals surface area (Å²) in [5.41, 5.74) is 5.97. The number of nitrogens with two attached hydrogens (primary N) is 1. The number of amides is 1. The van der Waals surface area contributed by atoms with E-state index in [2.05, 4.69) is 25.2 Å². The SMILES string of the molecule is Cn1nc(NS(C)=O)c2c(Cl)ccc(-c3cc(N)cnc3C(Cc3cc(F)cc(F)c3)NC(=O)Cn3nc(C(F)F)c4c3C(F)(F)CC4)c21. The second kappa shape index (κ2) is 13.0. The van der Waals surface area contributed by atoms with Crippen molar-refractivity contribution in [3.05, 3.63) is 87.5 Å². The maximum absolute atomic E-state index is 14.8. The highest BCUT2D eigenvalue weighted by Crippen LogP contribution is 2.45. The summed E-state index contributed by atoms with van der Waals surface area (Å²) in [6.45, 7) is -0.862. The lowest BCUT2D eigenvalue weighted by atomic mass is 9.94. The van der Waals surface area contributed by atoms with Gasteiger partial charge in [-0.3, -0.25) is 23.9 Å². The Kier molecular flexibility index (Phi) is 9.08. The van der Waals surface area contributed by atoms with Crippen LogP contribution in [0.4, 0.5) is 37.8 Å². The Bertz CT molecular complexity index is 2120. The lowest BCUT2D eigenvalue weighted by Crippen LogP contribution is -2.35. The summed E-state index contributed by atoms with van der Waals surface area (Å²) in [6.07, 6.45) is -1.71. The molecular formula is C31H27ClF6N8O2S. The Morgan fingerprint density at radius 3 is 2.49 bits per heavy atom. The molecule has 18 heteroatoms. The number of hydrogen-bond donors (Lipinski definition) is 3. The van der Waals surface area contributed by atoms with Crippen LogP contribution >= 0.6 is 11.6 Å². The second-order valence-corrected chi connectivity index (χ2v) is 13.0. The topological polar surface area (TPSA) is 133 Å². The van der Waals surface area contributed by atoms with Gasteiger partial charge in [-0.15, -0.1) is 0 Å². The maximum Gasteiger partial charge on any atom is 0.290 e. The zero-order valence-electron chi connectivity index (χ0n) is 25.7. The van der Waals surface area contributed by atoms with Crippen molar-refractivity contribution in [2.75, 3.05) is 16.7 Å². The number of carbonyl (C=O) groups excluding carboxylic acids is 1. The van der Waals surface area contributed by atoms with Gasteiger partial charge in [-0.05, 0) is 42.7 Å². The van der Waals surface area contributed by atoms with E-state index >= 15 is 0 Å². The molecule has 10 nitrogen and oxygen atoms in total. The number of halogens is 7. The molecule has 3 heterocycles. The molecule has 0 radical (unpaired) electrons. The number of carbonyl (C=O) groups is 1. The van der Waals surface area contributed by atoms with E-state index in [1.54, 1.807) is 25.2 Å². The van der Waals surface area contributed by atoms with E-state index in [1.807, 2.05) is 0 Å². The van der Waals surface area contributed by atoms with Gasteiger partial charge in [0.1, 0.15) is 40.6 Å². The molecule has 0 aliphatic heterocycles. The number of nitrogen functional groups attached to an aromatic ring is 1. The fourth-order valence-corrected chi connectivity index (χ4v) is 6.87. The van der Waals surface area contributed by atoms with Crippen molar-refractivity contribution in [1.29, 1.82) is 0 Å². The monoisotopic (exact) mass is 724 g/mol. The summed E-state index contributed by atoms with van der Waals surface area (Å²) in [5.74, 6) is -5.96. The predicted octanol–water partition coefficient (Wildman–Crippen LogP) is 6.13. The molecule has 1 amide bonds. The number of aromatic nitrogens is 5. The number of nitrogens with one attached hydrogen (secondary N) is 2. The van der Waals surface area contributed by atoms with Crippen molar-refractivity contribution in [1.82, 2.24) is 29.9 Å². The third kappa shape index (κ3) is 6.68. The Morgan fingerprint density at radius 1 is 1.10 bits per heavy atom. The molecule has 0 bridgehead atoms. The lowest BCUT2D eigenvalue weighted by Gasteiger charge is -2.23. The molecule has 3 aromatic heterocycles. The van der Waals surface area contributed by atoms with E-state index in [0.29, 0.717) is 32.8 Å². The van der Waals surface area contributed by atoms with Crippen LogP contribution in [-0.2, 0) is 48.1 Å². The summed E-state index contributed by atoms with van der Waals surface area (Å²) in [4.78, 5) is 18.1. The summed E-state index contributed by atoms with van der Waals surface area (Å²) >= 11 is 6.55. The largest absolute Gasteiger partial charge is 0.397 e. The molecule has 1 aliphatic carbocycles. The number of nitrogens with zero attached hydrogens (tertiary/aromatic N) is 5. The Hall–Kier alpha value is -4.64. The van der Waals surface area contributed by atoms with Gasteiger partial charge >= 0.3 is 0 Å². The first-order chi connectivity index (χ1) is 23.1. The average molecular weight is 725 g/mol. The van der Waals surface area contributed by atoms with Crippen molar-refractivity contribution in [3.8, 4) is 11.1 Å². The van der Waals surface area contributed by atoms with Crippen LogP contribution in [0.2, 0.25) is 5.02 Å². The number of pyridine rings is 1. The molecule has 1 aliphatic rings. The number of anilines is 2. The Labute approximate surface area is 282 Å². The molecule has 6 rings (SSSR count). The zero-order valence-corrected chi connectivity index (χ0v) is 27.3. The summed E-state index contributed by atoms with van der Waals surface area (Å²) in [7, 11) is 0.105. The summed E-state index contributed by atoms with van der Waals surface area (Å²) < 4.78 is 102. The van der Waals surface area contributed by atoms with E-state index in [-0.39, 0.29) is 46.2 Å². The first-order valence-electron chi connectivity index (χ1n) is 14.6. The standard InChI is InChI=1S/C31H27ClF6N8O2S/c1-45-27-18(3-4-21(32)24(27)30(43-45)44-49(2)48)20-11-17(39)12-40-25(20)22(9-14-7-15(33)10-16(34)8-14)41-23(47)13-46-28-19(5-6-31(28,37)38)26(42-46)29(35)36/h3-4,7-8,10-12,22,29H,5-6,9,13,39H2,1-2H3,(H,41,47)(H,43,44). The van der Waals surface area contributed by atoms with Crippen molar-refractivity contribution in [2.45, 2.75) is 44.2 Å². The molecule has 5 aromatic rings. The highest BCUT2D eigenvalue weighted by atomic mass is 35.5. The van der Waals surface area contributed by atoms with Gasteiger partial charge in [0, 0.05) is 42.5 Å². The predicted molar refractivity (Wildman–Crippen MR) is 171 cm³/mol. The summed E-state index contributed by atoms with van der Waals surface area (Å²) in [6, 6.07) is 6.35. The second-order valence-electron chi connectivity index (χ2n) is 11.5. The molecule has 0 saturated carbocycles. The number of aryl methyl sites for hydroxylation is 1. The molecule has 0 saturated heterocycles. The molecule has 2 unspecified atom stereocenters. The van der Waals surface area contributed by atoms with E-state index in [9.17, 15) is 35.3 Å². The van der Waals surface area contributed by atoms with E-state index in [1.165, 1.54) is 17.1 Å². The van der Waals surface area contributed by atoms with Crippen LogP contribution in [0.3, 0.4) is 0 Å². The van der Waals surface area contributed by atoms with Gasteiger partial charge in [-0.1, -0.05) is 17.7 Å². The van der Waals surface area contributed by atoms with Crippen LogP contribution in [0.5, 0.6) is 0 Å². The Balaban J connectivity index is 1.46. The number of hydrogen-bond acceptors (Lipinski definition) is 6. The number of fused-ring (bicyclic) bond motifs is 2. The van der Waals surface area contributed by atoms with E-state index in [4.69, 9.17) is 17.3 Å². The molecule has 0 spiro atoms. The minimum absolute atomic E-state index is 0.109. The van der Waals surface area contributed by atoms with Gasteiger partial charge in [-0.25, -0.2) is 21.8 Å². The van der Waals surface area contributed by atoms with Crippen molar-refractivity contribution in [2.24, 2.45) is 7.05 Å². The van der Waals surface area contributed by atoms with Crippen molar-refractivity contribution in [3.63, 3.8) is 0 Å². The van der Waals surface area contributed by atoms with Gasteiger partial charge in [0.25, 0.3) is 12.3 Å². The first kappa shape index (κ1) is 34.2. The average Bonchev–Trinajstić information content (AvgIpc) is 3.64. The molecule has 0 fully saturated rings. The first-order valence-corrected chi connectivity index (χ1v) is 16.6. The van der Waals surface area contributed by atoms with Gasteiger partial charge in [0.2, 0.25) is 5.91 Å². The van der Waals surface area contributed by atoms with Crippen LogP contribution < -0.4 is 15.8 Å². The summed E-state index contributed by atoms with van der Waals surface area (Å²) in [5, 5.41) is 11.4. The normalized spacial score (nSPS) is 15.1. The molecule has 2 aromatic carbocycles. The lowest BCUT2D eigenvalue weighted by molar-refractivity contribution is -0.122. The Morgan fingerprint density at radius 2 is 1.82 bits per heavy atom. The smallest absolute Gasteiger partial charge is 0.290 e. The van der Waals surface area contributed by atoms with Crippen LogP contribution in [0.15, 0.2) is 42.6 Å². The van der Waals surface area contributed by atoms with Gasteiger partial charge in [0.15, 0.2) is 5.82 Å². The zero-order chi connectivity index (χ0) is 35.4. The fraction of sp³-hybridized carbons (Fsp3) is 0.290. The number of rotatable bonds is 10. The fourth-order valence-electron chi connectivity index (χ4n) is 6.21. The number of alkyl halides is 4. The minimum atomic E-state index is -3.49. The van der Waals surface area contributed by atoms with Gasteiger partial charge < -0.3 is 11.1 Å². The van der Waals surface area contributed by atoms with E-state index in [0.717, 1.165) is 12.1 Å². The van der Waals surface area contributed by atoms with Crippen LogP contribution in [0.25, 0.3) is 22.0 Å². The maximum atomic E-state index is 14.8. The highest BCUT2D eigenvalue weighted by Gasteiger charge is 2.46. The molecule has 49 heavy (non-hydrogen) atoms. The van der Waals surface area contributed by atoms with Gasteiger partial charge in [-0.2, -0.15) is 19.0 Å². The molecule has 2 atom stereocenters. The van der Waals surface area contributed by atoms with Crippen LogP contribution in [-0.4, -0.2) is 40.9 Å².